The van der Waals surface area contributed by atoms with E-state index < -0.39 is 0 Å². The Bertz CT molecular complexity index is 294. The molecule has 0 N–H and O–H groups in total. The molecular formula is C9H17N3O2. The monoisotopic (exact) mass is 199 g/mol. The topological polar surface area (TPSA) is 58.7 Å². The van der Waals surface area contributed by atoms with Gasteiger partial charge in [-0.15, -0.1) is 0 Å². The second-order valence-electron chi connectivity index (χ2n) is 4.66. The van der Waals surface area contributed by atoms with Gasteiger partial charge in [-0.25, -0.2) is 0 Å². The van der Waals surface area contributed by atoms with E-state index in [-0.39, 0.29) is 22.7 Å². The van der Waals surface area contributed by atoms with Gasteiger partial charge >= 0.3 is 0 Å². The van der Waals surface area contributed by atoms with Crippen molar-refractivity contribution in [3.8, 4) is 0 Å². The summed E-state index contributed by atoms with van der Waals surface area (Å²) in [5, 5.41) is 10.5. The molecule has 5 nitrogen and oxygen atoms in total. The van der Waals surface area contributed by atoms with Crippen molar-refractivity contribution in [3.05, 3.63) is 10.1 Å². The Morgan fingerprint density at radius 2 is 1.93 bits per heavy atom. The normalized spacial score (nSPS) is 24.8. The van der Waals surface area contributed by atoms with Crippen LogP contribution >= 0.6 is 0 Å². The average molecular weight is 199 g/mol. The van der Waals surface area contributed by atoms with Crippen LogP contribution in [0.4, 0.5) is 0 Å². The Morgan fingerprint density at radius 3 is 2.21 bits per heavy atom. The summed E-state index contributed by atoms with van der Waals surface area (Å²) in [6.07, 6.45) is 0. The van der Waals surface area contributed by atoms with E-state index >= 15 is 0 Å². The molecule has 0 radical (unpaired) electrons. The second-order valence-corrected chi connectivity index (χ2v) is 4.66. The van der Waals surface area contributed by atoms with Crippen molar-refractivity contribution in [2.24, 2.45) is 4.99 Å². The van der Waals surface area contributed by atoms with E-state index in [1.54, 1.807) is 0 Å². The summed E-state index contributed by atoms with van der Waals surface area (Å²) in [4.78, 5) is 16.6. The highest BCUT2D eigenvalue weighted by Crippen LogP contribution is 2.32. The number of hydrogen-bond acceptors (Lipinski definition) is 4. The maximum atomic E-state index is 10.5. The van der Waals surface area contributed by atoms with Crippen molar-refractivity contribution in [1.82, 2.24) is 4.90 Å². The first-order valence-corrected chi connectivity index (χ1v) is 4.63. The van der Waals surface area contributed by atoms with Crippen molar-refractivity contribution >= 4 is 5.71 Å². The van der Waals surface area contributed by atoms with E-state index in [4.69, 9.17) is 0 Å². The molecule has 1 aliphatic heterocycles. The lowest BCUT2D eigenvalue weighted by molar-refractivity contribution is -0.463. The minimum absolute atomic E-state index is 0.166. The van der Waals surface area contributed by atoms with Gasteiger partial charge in [-0.3, -0.25) is 20.0 Å². The molecule has 5 heteroatoms. The number of nitrogens with zero attached hydrogens (tertiary/aromatic N) is 3. The quantitative estimate of drug-likeness (QED) is 0.495. The van der Waals surface area contributed by atoms with Gasteiger partial charge in [0.15, 0.2) is 0 Å². The zero-order valence-corrected chi connectivity index (χ0v) is 9.37. The SMILES string of the molecule is CN1C(C)(C)N=C(C[N+](=O)[O-])C1(C)C. The van der Waals surface area contributed by atoms with Gasteiger partial charge in [0.2, 0.25) is 6.54 Å². The predicted octanol–water partition coefficient (Wildman–Crippen LogP) is 1.16. The van der Waals surface area contributed by atoms with Gasteiger partial charge < -0.3 is 0 Å². The van der Waals surface area contributed by atoms with Crippen molar-refractivity contribution < 1.29 is 4.92 Å². The Balaban J connectivity index is 3.00. The highest BCUT2D eigenvalue weighted by Gasteiger charge is 2.46. The van der Waals surface area contributed by atoms with Crippen molar-refractivity contribution in [2.45, 2.75) is 38.9 Å². The van der Waals surface area contributed by atoms with Crippen LogP contribution in [0.15, 0.2) is 4.99 Å². The number of nitro groups is 1. The molecule has 14 heavy (non-hydrogen) atoms. The molecule has 1 rings (SSSR count). The van der Waals surface area contributed by atoms with Gasteiger partial charge in [0.1, 0.15) is 11.4 Å². The number of rotatable bonds is 2. The van der Waals surface area contributed by atoms with E-state index in [0.29, 0.717) is 5.71 Å². The fourth-order valence-electron chi connectivity index (χ4n) is 1.77. The first-order chi connectivity index (χ1) is 6.18. The third-order valence-electron chi connectivity index (χ3n) is 3.05. The van der Waals surface area contributed by atoms with E-state index in [0.717, 1.165) is 0 Å². The smallest absolute Gasteiger partial charge is 0.243 e. The highest BCUT2D eigenvalue weighted by atomic mass is 16.6. The van der Waals surface area contributed by atoms with Crippen molar-refractivity contribution in [3.63, 3.8) is 0 Å². The maximum Gasteiger partial charge on any atom is 0.243 e. The predicted molar refractivity (Wildman–Crippen MR) is 55.2 cm³/mol. The van der Waals surface area contributed by atoms with Crippen molar-refractivity contribution in [2.75, 3.05) is 13.6 Å². The lowest BCUT2D eigenvalue weighted by atomic mass is 9.97. The zero-order chi connectivity index (χ0) is 11.1. The summed E-state index contributed by atoms with van der Waals surface area (Å²) >= 11 is 0. The van der Waals surface area contributed by atoms with Gasteiger partial charge in [0.05, 0.1) is 5.54 Å². The van der Waals surface area contributed by atoms with Crippen LogP contribution in [0.2, 0.25) is 0 Å². The molecule has 0 fully saturated rings. The summed E-state index contributed by atoms with van der Waals surface area (Å²) in [6.45, 7) is 7.68. The van der Waals surface area contributed by atoms with Gasteiger partial charge in [-0.05, 0) is 34.7 Å². The number of aliphatic imine (C=N–C) groups is 1. The lowest BCUT2D eigenvalue weighted by Gasteiger charge is -2.35. The Labute approximate surface area is 84.0 Å². The largest absolute Gasteiger partial charge is 0.272 e. The lowest BCUT2D eigenvalue weighted by Crippen LogP contribution is -2.50. The first kappa shape index (κ1) is 11.1. The van der Waals surface area contributed by atoms with Crippen LogP contribution < -0.4 is 0 Å². The summed E-state index contributed by atoms with van der Waals surface area (Å²) in [7, 11) is 1.94. The van der Waals surface area contributed by atoms with Gasteiger partial charge in [-0.2, -0.15) is 0 Å². The fourth-order valence-corrected chi connectivity index (χ4v) is 1.77. The molecule has 1 aliphatic rings. The molecule has 0 aromatic carbocycles. The molecule has 1 heterocycles. The van der Waals surface area contributed by atoms with Crippen LogP contribution in [0, 0.1) is 10.1 Å². The zero-order valence-electron chi connectivity index (χ0n) is 9.37. The van der Waals surface area contributed by atoms with Gasteiger partial charge in [0, 0.05) is 4.92 Å². The molecular weight excluding hydrogens is 182 g/mol. The molecule has 80 valence electrons. The Morgan fingerprint density at radius 1 is 1.43 bits per heavy atom. The maximum absolute atomic E-state index is 10.5. The van der Waals surface area contributed by atoms with Gasteiger partial charge in [0.25, 0.3) is 0 Å². The van der Waals surface area contributed by atoms with E-state index in [1.165, 1.54) is 0 Å². The molecule has 0 aromatic rings. The Hall–Kier alpha value is -0.970. The number of hydrogen-bond donors (Lipinski definition) is 0. The molecule has 0 bridgehead atoms. The molecule has 0 aromatic heterocycles. The van der Waals surface area contributed by atoms with Crippen LogP contribution in [0.1, 0.15) is 27.7 Å². The third kappa shape index (κ3) is 1.64. The van der Waals surface area contributed by atoms with Crippen LogP contribution in [0.3, 0.4) is 0 Å². The molecule has 0 spiro atoms. The van der Waals surface area contributed by atoms with Crippen molar-refractivity contribution in [1.29, 1.82) is 0 Å². The van der Waals surface area contributed by atoms with Gasteiger partial charge in [-0.1, -0.05) is 0 Å². The Kier molecular flexibility index (Phi) is 2.39. The highest BCUT2D eigenvalue weighted by molar-refractivity contribution is 5.95. The molecule has 0 saturated heterocycles. The minimum Gasteiger partial charge on any atom is -0.272 e. The first-order valence-electron chi connectivity index (χ1n) is 4.63. The summed E-state index contributed by atoms with van der Waals surface area (Å²) in [5.74, 6) is 0. The summed E-state index contributed by atoms with van der Waals surface area (Å²) < 4.78 is 0. The summed E-state index contributed by atoms with van der Waals surface area (Å²) in [5.41, 5.74) is -0.0131. The minimum atomic E-state index is -0.338. The standard InChI is InChI=1S/C9H17N3O2/c1-8(2)7(6-12(13)14)10-9(3,4)11(8)5/h6H2,1-5H3. The van der Waals surface area contributed by atoms with E-state index in [9.17, 15) is 10.1 Å². The average Bonchev–Trinajstić information content (AvgIpc) is 2.12. The van der Waals surface area contributed by atoms with Crippen LogP contribution in [0.25, 0.3) is 0 Å². The van der Waals surface area contributed by atoms with Crippen LogP contribution in [-0.2, 0) is 0 Å². The second kappa shape index (κ2) is 3.02. The molecule has 0 unspecified atom stereocenters. The third-order valence-corrected chi connectivity index (χ3v) is 3.05. The molecule has 0 amide bonds. The van der Waals surface area contributed by atoms with Crippen LogP contribution in [-0.4, -0.2) is 40.3 Å². The fraction of sp³-hybridized carbons (Fsp3) is 0.889. The molecule has 0 saturated carbocycles. The van der Waals surface area contributed by atoms with Crippen LogP contribution in [0.5, 0.6) is 0 Å². The van der Waals surface area contributed by atoms with E-state index in [2.05, 4.69) is 9.89 Å². The molecule has 0 atom stereocenters. The van der Waals surface area contributed by atoms with E-state index in [1.807, 2.05) is 34.7 Å². The summed E-state index contributed by atoms with van der Waals surface area (Å²) in [6, 6.07) is 0. The molecule has 0 aliphatic carbocycles.